The average molecular weight is 1240 g/mol. The van der Waals surface area contributed by atoms with Gasteiger partial charge in [-0.1, -0.05) is 37.1 Å². The number of aromatic nitrogens is 4. The van der Waals surface area contributed by atoms with Crippen LogP contribution in [0, 0.1) is 67.9 Å². The van der Waals surface area contributed by atoms with Crippen LogP contribution in [0.1, 0.15) is 62.4 Å². The molecule has 4 unspecified atom stereocenters. The summed E-state index contributed by atoms with van der Waals surface area (Å²) in [4.78, 5) is 60.8. The first-order chi connectivity index (χ1) is 32.4. The maximum atomic E-state index is 12.9. The average Bonchev–Trinajstić information content (AvgIpc) is 4.08. The van der Waals surface area contributed by atoms with Crippen LogP contribution < -0.4 is 9.64 Å². The van der Waals surface area contributed by atoms with Gasteiger partial charge in [0.15, 0.2) is 11.6 Å². The zero-order valence-electron chi connectivity index (χ0n) is 38.2. The second-order valence-corrected chi connectivity index (χ2v) is 20.0. The number of rotatable bonds is 22. The molecule has 6 rings (SSSR count). The van der Waals surface area contributed by atoms with Gasteiger partial charge in [0.1, 0.15) is 12.4 Å². The molecule has 0 saturated carbocycles. The number of esters is 1. The number of nitrogens with zero attached hydrogens (tertiary/aromatic N) is 5. The predicted molar refractivity (Wildman–Crippen MR) is 251 cm³/mol. The minimum absolute atomic E-state index is 0. The Kier molecular flexibility index (Phi) is 32.5. The Morgan fingerprint density at radius 1 is 0.971 bits per heavy atom. The van der Waals surface area contributed by atoms with Crippen molar-refractivity contribution in [1.82, 2.24) is 19.7 Å². The molecule has 376 valence electrons. The first kappa shape index (κ1) is 63.0. The first-order valence-electron chi connectivity index (χ1n) is 21.0. The van der Waals surface area contributed by atoms with Crippen LogP contribution in [-0.2, 0) is 34.9 Å². The van der Waals surface area contributed by atoms with E-state index in [9.17, 15) is 37.5 Å². The SMILES string of the molecule is C#C.C#CCOCCOCCOCCOCCN(c1nc(Cl)nc2c1cnn2C1CCC(CP(O)[PH](O)(O)O)O1)C1CCc2ccccc21.CCCC(=O)Oc1ccc(F)cc1F.CF.CO.[U]. The molecular weight excluding hydrogens is 1180 g/mol. The summed E-state index contributed by atoms with van der Waals surface area (Å²) in [6, 6.07) is 11.2. The van der Waals surface area contributed by atoms with E-state index in [1.165, 1.54) is 11.1 Å². The molecule has 0 amide bonds. The molecule has 5 N–H and O–H groups in total. The minimum Gasteiger partial charge on any atom is -0.423 e. The monoisotopic (exact) mass is 1240 g/mol. The quantitative estimate of drug-likeness (QED) is 0.0147. The van der Waals surface area contributed by atoms with E-state index in [0.717, 1.165) is 32.1 Å². The molecule has 2 aliphatic rings. The summed E-state index contributed by atoms with van der Waals surface area (Å²) in [5, 5.41) is 12.4. The van der Waals surface area contributed by atoms with E-state index in [4.69, 9.17) is 46.8 Å². The van der Waals surface area contributed by atoms with Gasteiger partial charge in [0.2, 0.25) is 0 Å². The third-order valence-electron chi connectivity index (χ3n) is 9.59. The van der Waals surface area contributed by atoms with Gasteiger partial charge in [-0.15, -0.1) is 19.3 Å². The number of carbonyl (C=O) groups is 1. The molecule has 0 spiro atoms. The number of benzene rings is 2. The van der Waals surface area contributed by atoms with E-state index >= 15 is 0 Å². The number of halogens is 4. The van der Waals surface area contributed by atoms with Gasteiger partial charge < -0.3 is 28.8 Å². The third kappa shape index (κ3) is 20.7. The van der Waals surface area contributed by atoms with Crippen LogP contribution in [0.4, 0.5) is 19.0 Å². The van der Waals surface area contributed by atoms with Crippen molar-refractivity contribution in [3.05, 3.63) is 76.7 Å². The normalized spacial score (nSPS) is 16.3. The number of aryl methyl sites for hydroxylation is 1. The van der Waals surface area contributed by atoms with E-state index < -0.39 is 45.4 Å². The van der Waals surface area contributed by atoms with E-state index in [0.29, 0.717) is 102 Å². The van der Waals surface area contributed by atoms with Crippen LogP contribution in [-0.4, -0.2) is 136 Å². The number of fused-ring (bicyclic) bond motifs is 2. The van der Waals surface area contributed by atoms with Gasteiger partial charge in [-0.05, 0) is 30.5 Å². The van der Waals surface area contributed by atoms with Crippen LogP contribution >= 0.6 is 27.1 Å². The van der Waals surface area contributed by atoms with Crippen molar-refractivity contribution >= 4 is 49.9 Å². The first-order valence-corrected chi connectivity index (χ1v) is 25.5. The molecule has 1 fully saturated rings. The summed E-state index contributed by atoms with van der Waals surface area (Å²) in [5.41, 5.74) is 3.03. The van der Waals surface area contributed by atoms with Crippen molar-refractivity contribution in [2.45, 2.75) is 63.8 Å². The summed E-state index contributed by atoms with van der Waals surface area (Å²) in [6.07, 6.45) is 17.6. The van der Waals surface area contributed by atoms with Gasteiger partial charge in [-0.25, -0.2) is 8.78 Å². The molecule has 24 heteroatoms. The molecule has 2 aromatic carbocycles. The summed E-state index contributed by atoms with van der Waals surface area (Å²) in [5.74, 6) is 0.738. The molecule has 1 aliphatic heterocycles. The van der Waals surface area contributed by atoms with Gasteiger partial charge in [0.05, 0.1) is 46.8 Å². The Morgan fingerprint density at radius 2 is 1.60 bits per heavy atom. The van der Waals surface area contributed by atoms with E-state index in [-0.39, 0.29) is 67.4 Å². The molecule has 4 atom stereocenters. The molecule has 1 saturated heterocycles. The summed E-state index contributed by atoms with van der Waals surface area (Å²) in [6.45, 7) is 5.70. The van der Waals surface area contributed by atoms with Crippen LogP contribution in [0.2, 0.25) is 5.28 Å². The molecular formula is C44H61ClF3N5O12P2U. The second kappa shape index (κ2) is 35.1. The zero-order chi connectivity index (χ0) is 49.8. The number of anilines is 1. The summed E-state index contributed by atoms with van der Waals surface area (Å²) < 4.78 is 69.5. The smallest absolute Gasteiger partial charge is 0.423 e. The fraction of sp³-hybridized carbons (Fsp3) is 0.500. The van der Waals surface area contributed by atoms with Crippen molar-refractivity contribution in [2.24, 2.45) is 0 Å². The van der Waals surface area contributed by atoms with Crippen molar-refractivity contribution in [1.29, 1.82) is 0 Å². The number of hydrogen-bond acceptors (Lipinski definition) is 16. The number of hydrogen-bond donors (Lipinski definition) is 5. The number of aliphatic hydroxyl groups is 1. The van der Waals surface area contributed by atoms with E-state index in [1.807, 2.05) is 13.0 Å². The van der Waals surface area contributed by atoms with Gasteiger partial charge in [0, 0.05) is 50.7 Å². The van der Waals surface area contributed by atoms with Crippen LogP contribution in [0.15, 0.2) is 48.7 Å². The molecule has 4 aromatic rings. The Balaban J connectivity index is 0.000000929. The van der Waals surface area contributed by atoms with Crippen molar-refractivity contribution in [3.8, 4) is 30.9 Å². The molecule has 2 aromatic heterocycles. The van der Waals surface area contributed by atoms with Crippen LogP contribution in [0.5, 0.6) is 5.75 Å². The Hall–Kier alpha value is -3.03. The molecule has 0 bridgehead atoms. The van der Waals surface area contributed by atoms with E-state index in [2.05, 4.69) is 61.7 Å². The van der Waals surface area contributed by atoms with Crippen LogP contribution in [0.25, 0.3) is 11.0 Å². The van der Waals surface area contributed by atoms with Crippen molar-refractivity contribution < 1.29 is 102 Å². The van der Waals surface area contributed by atoms with Gasteiger partial charge in [-0.3, -0.25) is 9.18 Å². The third-order valence-corrected chi connectivity index (χ3v) is 13.8. The summed E-state index contributed by atoms with van der Waals surface area (Å²) in [7, 11) is -5.46. The van der Waals surface area contributed by atoms with Crippen molar-refractivity contribution in [3.63, 3.8) is 0 Å². The maximum absolute atomic E-state index is 12.9. The Labute approximate surface area is 425 Å². The number of alkyl halides is 1. The molecule has 17 nitrogen and oxygen atoms in total. The standard InChI is InChI=1S/C30H42ClN5O9P2.C10H10F2O2.C2H2.CH3F.CH4O.U/c1-2-12-41-14-16-43-18-19-44-17-15-42-13-11-35(26-9-7-22-5-3-4-6-24(22)26)28-25-20-32-36(29(25)34-30(31)33-28)27-10-8-23(45-27)21-46(37)47(38,39)40;1-2-3-10(13)14-9-5-4-7(11)6-8(9)12;3*1-2;/h1,3-6,20,23,26-27,37-40,47H,7-19,21H2;4-6H,2-3H2,1H3;1-2H;1H3;2H,1H3;. The Morgan fingerprint density at radius 3 is 2.22 bits per heavy atom. The topological polar surface area (TPSA) is 220 Å². The Bertz CT molecular complexity index is 2120. The van der Waals surface area contributed by atoms with Gasteiger partial charge in [0.25, 0.3) is 0 Å². The molecule has 3 heterocycles. The van der Waals surface area contributed by atoms with Crippen LogP contribution in [0.3, 0.4) is 0 Å². The summed E-state index contributed by atoms with van der Waals surface area (Å²) >= 11 is 6.53. The predicted octanol–water partition coefficient (Wildman–Crippen LogP) is 6.24. The fourth-order valence-corrected chi connectivity index (χ4v) is 9.19. The van der Waals surface area contributed by atoms with Gasteiger partial charge >= 0.3 is 173 Å². The molecule has 1 aliphatic carbocycles. The van der Waals surface area contributed by atoms with E-state index in [1.54, 1.807) is 10.9 Å². The van der Waals surface area contributed by atoms with Crippen molar-refractivity contribution in [2.75, 3.05) is 84.7 Å². The number of ether oxygens (including phenoxy) is 6. The second-order valence-electron chi connectivity index (χ2n) is 14.0. The fourth-order valence-electron chi connectivity index (χ4n) is 6.79. The molecule has 0 radical (unpaired) electrons. The number of aliphatic hydroxyl groups excluding tert-OH is 1. The molecule has 68 heavy (non-hydrogen) atoms. The number of terminal acetylenes is 2. The number of carbonyl (C=O) groups excluding carboxylic acids is 1. The van der Waals surface area contributed by atoms with Gasteiger partial charge in [-0.2, -0.15) is 0 Å². The zero-order valence-corrected chi connectivity index (χ0v) is 45.0. The minimum atomic E-state index is -4.61.